The van der Waals surface area contributed by atoms with Crippen molar-refractivity contribution in [3.63, 3.8) is 0 Å². The average molecular weight is 273 g/mol. The molecule has 1 saturated heterocycles. The second-order valence-corrected chi connectivity index (χ2v) is 6.75. The van der Waals surface area contributed by atoms with Gasteiger partial charge in [0.2, 0.25) is 0 Å². The summed E-state index contributed by atoms with van der Waals surface area (Å²) in [6.07, 6.45) is 5.13. The molecule has 1 aliphatic heterocycles. The van der Waals surface area contributed by atoms with E-state index in [0.29, 0.717) is 0 Å². The Morgan fingerprint density at radius 3 is 2.90 bits per heavy atom. The van der Waals surface area contributed by atoms with E-state index in [4.69, 9.17) is 4.74 Å². The van der Waals surface area contributed by atoms with E-state index in [1.807, 2.05) is 0 Å². The van der Waals surface area contributed by atoms with Crippen LogP contribution < -0.4 is 4.74 Å². The van der Waals surface area contributed by atoms with Crippen LogP contribution in [0.15, 0.2) is 18.2 Å². The van der Waals surface area contributed by atoms with Crippen molar-refractivity contribution in [2.45, 2.75) is 51.5 Å². The molecule has 0 unspecified atom stereocenters. The summed E-state index contributed by atoms with van der Waals surface area (Å²) in [5.41, 5.74) is 3.04. The van der Waals surface area contributed by atoms with E-state index < -0.39 is 0 Å². The van der Waals surface area contributed by atoms with E-state index in [-0.39, 0.29) is 0 Å². The molecule has 0 aromatic heterocycles. The first kappa shape index (κ1) is 13.9. The molecule has 1 heterocycles. The van der Waals surface area contributed by atoms with Gasteiger partial charge in [0.15, 0.2) is 0 Å². The van der Waals surface area contributed by atoms with Crippen LogP contribution in [0.3, 0.4) is 0 Å². The molecular weight excluding hydrogens is 246 g/mol. The zero-order valence-electron chi connectivity index (χ0n) is 13.1. The van der Waals surface area contributed by atoms with Gasteiger partial charge < -0.3 is 4.74 Å². The lowest BCUT2D eigenvalue weighted by molar-refractivity contribution is 0.214. The van der Waals surface area contributed by atoms with Crippen LogP contribution in [-0.2, 0) is 6.42 Å². The third-order valence-corrected chi connectivity index (χ3v) is 5.13. The molecule has 1 fully saturated rings. The third kappa shape index (κ3) is 2.46. The van der Waals surface area contributed by atoms with Gasteiger partial charge in [-0.2, -0.15) is 0 Å². The Morgan fingerprint density at radius 1 is 1.30 bits per heavy atom. The zero-order valence-corrected chi connectivity index (χ0v) is 13.1. The zero-order chi connectivity index (χ0) is 14.1. The quantitative estimate of drug-likeness (QED) is 0.826. The maximum absolute atomic E-state index is 5.55. The average Bonchev–Trinajstić information content (AvgIpc) is 2.87. The van der Waals surface area contributed by atoms with Crippen molar-refractivity contribution in [1.82, 2.24) is 4.90 Å². The molecule has 2 nitrogen and oxygen atoms in total. The van der Waals surface area contributed by atoms with Crippen LogP contribution in [0.1, 0.15) is 50.2 Å². The van der Waals surface area contributed by atoms with Gasteiger partial charge in [-0.05, 0) is 61.9 Å². The smallest absolute Gasteiger partial charge is 0.122 e. The Hall–Kier alpha value is -1.02. The minimum Gasteiger partial charge on any atom is -0.496 e. The standard InChI is InChI=1S/C18H27NO/c1-13(2)9-11-19-12-10-15-14-5-4-6-18(20-3)16(14)7-8-17(15)19/h4-6,13,15,17H,7-12H2,1-3H3/t15-,17+/m0/s1. The lowest BCUT2D eigenvalue weighted by Crippen LogP contribution is -2.36. The van der Waals surface area contributed by atoms with Crippen molar-refractivity contribution in [1.29, 1.82) is 0 Å². The van der Waals surface area contributed by atoms with Crippen molar-refractivity contribution in [2.24, 2.45) is 5.92 Å². The summed E-state index contributed by atoms with van der Waals surface area (Å²) in [5, 5.41) is 0. The monoisotopic (exact) mass is 273 g/mol. The molecule has 0 bridgehead atoms. The van der Waals surface area contributed by atoms with E-state index in [2.05, 4.69) is 36.9 Å². The van der Waals surface area contributed by atoms with Crippen molar-refractivity contribution >= 4 is 0 Å². The fourth-order valence-corrected chi connectivity index (χ4v) is 4.05. The number of ether oxygens (including phenoxy) is 1. The fraction of sp³-hybridized carbons (Fsp3) is 0.667. The Morgan fingerprint density at radius 2 is 2.15 bits per heavy atom. The molecule has 1 aliphatic carbocycles. The van der Waals surface area contributed by atoms with Crippen LogP contribution in [0.5, 0.6) is 5.75 Å². The van der Waals surface area contributed by atoms with Crippen LogP contribution in [0.25, 0.3) is 0 Å². The molecule has 0 radical (unpaired) electrons. The molecule has 1 aromatic rings. The van der Waals surface area contributed by atoms with E-state index in [0.717, 1.165) is 23.6 Å². The number of fused-ring (bicyclic) bond motifs is 3. The number of likely N-dealkylation sites (tertiary alicyclic amines) is 1. The van der Waals surface area contributed by atoms with Crippen LogP contribution in [0.4, 0.5) is 0 Å². The van der Waals surface area contributed by atoms with Crippen LogP contribution >= 0.6 is 0 Å². The van der Waals surface area contributed by atoms with Gasteiger partial charge in [0.05, 0.1) is 7.11 Å². The Balaban J connectivity index is 1.79. The van der Waals surface area contributed by atoms with Gasteiger partial charge in [-0.25, -0.2) is 0 Å². The first-order chi connectivity index (χ1) is 9.70. The highest BCUT2D eigenvalue weighted by Crippen LogP contribution is 2.44. The second kappa shape index (κ2) is 5.77. The van der Waals surface area contributed by atoms with Crippen LogP contribution in [0, 0.1) is 5.92 Å². The first-order valence-electron chi connectivity index (χ1n) is 8.10. The Kier molecular flexibility index (Phi) is 4.02. The fourth-order valence-electron chi connectivity index (χ4n) is 4.05. The number of nitrogens with zero attached hydrogens (tertiary/aromatic N) is 1. The van der Waals surface area contributed by atoms with Crippen molar-refractivity contribution in [3.05, 3.63) is 29.3 Å². The number of methoxy groups -OCH3 is 1. The highest BCUT2D eigenvalue weighted by molar-refractivity contribution is 5.45. The summed E-state index contributed by atoms with van der Waals surface area (Å²) < 4.78 is 5.55. The molecule has 3 rings (SSSR count). The maximum atomic E-state index is 5.55. The van der Waals surface area contributed by atoms with E-state index >= 15 is 0 Å². The normalized spacial score (nSPS) is 25.6. The van der Waals surface area contributed by atoms with Crippen LogP contribution in [-0.4, -0.2) is 31.1 Å². The van der Waals surface area contributed by atoms with E-state index in [1.54, 1.807) is 12.7 Å². The number of hydrogen-bond acceptors (Lipinski definition) is 2. The van der Waals surface area contributed by atoms with Crippen molar-refractivity contribution in [2.75, 3.05) is 20.2 Å². The van der Waals surface area contributed by atoms with E-state index in [1.165, 1.54) is 44.3 Å². The van der Waals surface area contributed by atoms with Crippen molar-refractivity contribution < 1.29 is 4.74 Å². The molecule has 0 saturated carbocycles. The van der Waals surface area contributed by atoms with Gasteiger partial charge in [-0.3, -0.25) is 4.90 Å². The molecule has 2 atom stereocenters. The topological polar surface area (TPSA) is 12.5 Å². The van der Waals surface area contributed by atoms with Crippen LogP contribution in [0.2, 0.25) is 0 Å². The lowest BCUT2D eigenvalue weighted by Gasteiger charge is -2.34. The SMILES string of the molecule is COc1cccc2c1CC[C@@H]1[C@H]2CCN1CCC(C)C. The first-order valence-corrected chi connectivity index (χ1v) is 8.10. The summed E-state index contributed by atoms with van der Waals surface area (Å²) in [5.74, 6) is 2.65. The molecule has 2 heteroatoms. The Bertz CT molecular complexity index is 468. The van der Waals surface area contributed by atoms with Gasteiger partial charge in [0.25, 0.3) is 0 Å². The largest absolute Gasteiger partial charge is 0.496 e. The minimum atomic E-state index is 0.737. The minimum absolute atomic E-state index is 0.737. The maximum Gasteiger partial charge on any atom is 0.122 e. The van der Waals surface area contributed by atoms with Crippen molar-refractivity contribution in [3.8, 4) is 5.75 Å². The highest BCUT2D eigenvalue weighted by Gasteiger charge is 2.38. The highest BCUT2D eigenvalue weighted by atomic mass is 16.5. The Labute approximate surface area is 123 Å². The van der Waals surface area contributed by atoms with Gasteiger partial charge >= 0.3 is 0 Å². The molecule has 0 amide bonds. The second-order valence-electron chi connectivity index (χ2n) is 6.75. The summed E-state index contributed by atoms with van der Waals surface area (Å²) in [4.78, 5) is 2.74. The number of rotatable bonds is 4. The summed E-state index contributed by atoms with van der Waals surface area (Å²) in [6.45, 7) is 7.21. The van der Waals surface area contributed by atoms with Gasteiger partial charge in [-0.15, -0.1) is 0 Å². The predicted octanol–water partition coefficient (Wildman–Crippen LogP) is 3.85. The summed E-state index contributed by atoms with van der Waals surface area (Å²) >= 11 is 0. The predicted molar refractivity (Wildman–Crippen MR) is 83.5 cm³/mol. The third-order valence-electron chi connectivity index (χ3n) is 5.13. The summed E-state index contributed by atoms with van der Waals surface area (Å²) in [7, 11) is 1.80. The molecule has 2 aliphatic rings. The van der Waals surface area contributed by atoms with Gasteiger partial charge in [-0.1, -0.05) is 26.0 Å². The van der Waals surface area contributed by atoms with E-state index in [9.17, 15) is 0 Å². The number of hydrogen-bond donors (Lipinski definition) is 0. The molecule has 0 spiro atoms. The molecule has 110 valence electrons. The lowest BCUT2D eigenvalue weighted by atomic mass is 9.79. The molecule has 20 heavy (non-hydrogen) atoms. The molecule has 0 N–H and O–H groups in total. The molecule has 1 aromatic carbocycles. The van der Waals surface area contributed by atoms with Gasteiger partial charge in [0, 0.05) is 12.0 Å². The molecular formula is C18H27NO. The van der Waals surface area contributed by atoms with Gasteiger partial charge in [0.1, 0.15) is 5.75 Å². The number of benzene rings is 1. The summed E-state index contributed by atoms with van der Waals surface area (Å²) in [6, 6.07) is 7.38.